The Hall–Kier alpha value is -3.15. The fourth-order valence-electron chi connectivity index (χ4n) is 3.41. The smallest absolute Gasteiger partial charge is 0.341 e. The van der Waals surface area contributed by atoms with Crippen molar-refractivity contribution in [3.8, 4) is 28.3 Å². The SMILES string of the molecule is CCc1cc(-c2nnc(SCC(=O)Nc3scc(-c4ccc(OC)cc4)c3C(=O)OC)n2C)cs1. The van der Waals surface area contributed by atoms with E-state index in [9.17, 15) is 9.59 Å². The number of ether oxygens (including phenoxy) is 2. The molecule has 0 bridgehead atoms. The van der Waals surface area contributed by atoms with Crippen LogP contribution in [0, 0.1) is 0 Å². The summed E-state index contributed by atoms with van der Waals surface area (Å²) in [7, 11) is 4.80. The van der Waals surface area contributed by atoms with Crippen LogP contribution >= 0.6 is 34.4 Å². The summed E-state index contributed by atoms with van der Waals surface area (Å²) in [6.45, 7) is 2.12. The Labute approximate surface area is 215 Å². The largest absolute Gasteiger partial charge is 0.497 e. The highest BCUT2D eigenvalue weighted by atomic mass is 32.2. The molecule has 0 saturated heterocycles. The highest BCUT2D eigenvalue weighted by Crippen LogP contribution is 2.37. The van der Waals surface area contributed by atoms with E-state index in [1.54, 1.807) is 18.4 Å². The van der Waals surface area contributed by atoms with E-state index in [0.29, 0.717) is 27.0 Å². The number of methoxy groups -OCH3 is 2. The van der Waals surface area contributed by atoms with E-state index >= 15 is 0 Å². The van der Waals surface area contributed by atoms with Gasteiger partial charge in [-0.3, -0.25) is 4.79 Å². The minimum atomic E-state index is -0.514. The number of thioether (sulfide) groups is 1. The molecule has 3 aromatic heterocycles. The van der Waals surface area contributed by atoms with Crippen molar-refractivity contribution in [1.82, 2.24) is 14.8 Å². The van der Waals surface area contributed by atoms with Gasteiger partial charge in [0.15, 0.2) is 11.0 Å². The van der Waals surface area contributed by atoms with Crippen molar-refractivity contribution in [1.29, 1.82) is 0 Å². The summed E-state index contributed by atoms with van der Waals surface area (Å²) in [6.07, 6.45) is 0.973. The summed E-state index contributed by atoms with van der Waals surface area (Å²) in [5, 5.41) is 16.4. The van der Waals surface area contributed by atoms with Crippen molar-refractivity contribution in [3.05, 3.63) is 51.5 Å². The van der Waals surface area contributed by atoms with E-state index < -0.39 is 5.97 Å². The Morgan fingerprint density at radius 2 is 1.86 bits per heavy atom. The van der Waals surface area contributed by atoms with E-state index in [4.69, 9.17) is 9.47 Å². The van der Waals surface area contributed by atoms with Crippen molar-refractivity contribution in [3.63, 3.8) is 0 Å². The van der Waals surface area contributed by atoms with Gasteiger partial charge in [-0.05, 0) is 30.2 Å². The first-order valence-corrected chi connectivity index (χ1v) is 13.4. The number of benzene rings is 1. The van der Waals surface area contributed by atoms with Gasteiger partial charge in [0.2, 0.25) is 5.91 Å². The Morgan fingerprint density at radius 1 is 1.09 bits per heavy atom. The second-order valence-electron chi connectivity index (χ2n) is 7.43. The Bertz CT molecular complexity index is 1340. The number of esters is 1. The summed E-state index contributed by atoms with van der Waals surface area (Å²) in [4.78, 5) is 26.6. The fraction of sp³-hybridized carbons (Fsp3) is 0.250. The molecule has 35 heavy (non-hydrogen) atoms. The first kappa shape index (κ1) is 25.0. The molecule has 1 amide bonds. The lowest BCUT2D eigenvalue weighted by Crippen LogP contribution is -2.16. The van der Waals surface area contributed by atoms with Gasteiger partial charge in [0.25, 0.3) is 0 Å². The molecule has 0 aliphatic heterocycles. The summed E-state index contributed by atoms with van der Waals surface area (Å²) >= 11 is 4.26. The number of nitrogens with one attached hydrogen (secondary N) is 1. The van der Waals surface area contributed by atoms with E-state index in [2.05, 4.69) is 33.9 Å². The van der Waals surface area contributed by atoms with E-state index in [1.165, 1.54) is 35.1 Å². The minimum absolute atomic E-state index is 0.117. The topological polar surface area (TPSA) is 95.3 Å². The molecule has 3 heterocycles. The zero-order valence-corrected chi connectivity index (χ0v) is 22.1. The fourth-order valence-corrected chi connectivity index (χ4v) is 5.90. The van der Waals surface area contributed by atoms with Gasteiger partial charge in [-0.2, -0.15) is 0 Å². The summed E-state index contributed by atoms with van der Waals surface area (Å²) in [5.74, 6) is 0.827. The third kappa shape index (κ3) is 5.42. The molecule has 4 aromatic rings. The molecule has 1 N–H and O–H groups in total. The van der Waals surface area contributed by atoms with Crippen LogP contribution in [-0.2, 0) is 23.0 Å². The number of anilines is 1. The predicted octanol–water partition coefficient (Wildman–Crippen LogP) is 5.36. The molecule has 8 nitrogen and oxygen atoms in total. The number of hydrogen-bond acceptors (Lipinski definition) is 9. The van der Waals surface area contributed by atoms with Gasteiger partial charge >= 0.3 is 5.97 Å². The third-order valence-electron chi connectivity index (χ3n) is 5.26. The maximum atomic E-state index is 12.8. The van der Waals surface area contributed by atoms with Gasteiger partial charge in [-0.25, -0.2) is 4.79 Å². The lowest BCUT2D eigenvalue weighted by molar-refractivity contribution is -0.113. The Kier molecular flexibility index (Phi) is 7.89. The van der Waals surface area contributed by atoms with Crippen LogP contribution < -0.4 is 10.1 Å². The molecule has 0 saturated carbocycles. The number of nitrogens with zero attached hydrogens (tertiary/aromatic N) is 3. The van der Waals surface area contributed by atoms with E-state index in [0.717, 1.165) is 23.4 Å². The van der Waals surface area contributed by atoms with Crippen LogP contribution in [0.2, 0.25) is 0 Å². The lowest BCUT2D eigenvalue weighted by atomic mass is 10.0. The van der Waals surface area contributed by atoms with E-state index in [1.807, 2.05) is 41.3 Å². The molecule has 11 heteroatoms. The zero-order chi connectivity index (χ0) is 24.9. The molecule has 1 aromatic carbocycles. The maximum Gasteiger partial charge on any atom is 0.341 e. The predicted molar refractivity (Wildman–Crippen MR) is 141 cm³/mol. The molecule has 0 fully saturated rings. The van der Waals surface area contributed by atoms with Crippen molar-refractivity contribution in [2.45, 2.75) is 18.5 Å². The van der Waals surface area contributed by atoms with Crippen molar-refractivity contribution in [2.24, 2.45) is 7.05 Å². The standard InChI is InChI=1S/C24H24N4O4S3/c1-5-17-10-15(11-33-17)21-26-27-24(28(21)2)35-13-19(29)25-22-20(23(30)32-4)18(12-34-22)14-6-8-16(31-3)9-7-14/h6-12H,5,13H2,1-4H3,(H,25,29). The average Bonchev–Trinajstić information content (AvgIpc) is 3.61. The molecule has 0 aliphatic rings. The van der Waals surface area contributed by atoms with Gasteiger partial charge < -0.3 is 19.4 Å². The molecule has 0 spiro atoms. The van der Waals surface area contributed by atoms with Gasteiger partial charge in [0.05, 0.1) is 20.0 Å². The monoisotopic (exact) mass is 528 g/mol. The van der Waals surface area contributed by atoms with Gasteiger partial charge in [-0.15, -0.1) is 32.9 Å². The molecule has 0 atom stereocenters. The van der Waals surface area contributed by atoms with Crippen LogP contribution in [0.5, 0.6) is 5.75 Å². The first-order chi connectivity index (χ1) is 16.9. The van der Waals surface area contributed by atoms with Crippen LogP contribution in [0.1, 0.15) is 22.2 Å². The highest BCUT2D eigenvalue weighted by molar-refractivity contribution is 7.99. The molecular weight excluding hydrogens is 504 g/mol. The number of thiophene rings is 2. The number of amides is 1. The quantitative estimate of drug-likeness (QED) is 0.231. The van der Waals surface area contributed by atoms with E-state index in [-0.39, 0.29) is 11.7 Å². The molecular formula is C24H24N4O4S3. The Balaban J connectivity index is 1.47. The van der Waals surface area contributed by atoms with Crippen molar-refractivity contribution < 1.29 is 19.1 Å². The van der Waals surface area contributed by atoms with Gasteiger partial charge in [-0.1, -0.05) is 30.8 Å². The number of carbonyl (C=O) groups is 2. The van der Waals surface area contributed by atoms with Crippen LogP contribution in [0.3, 0.4) is 0 Å². The van der Waals surface area contributed by atoms with Crippen molar-refractivity contribution in [2.75, 3.05) is 25.3 Å². The molecule has 4 rings (SSSR count). The molecule has 0 radical (unpaired) electrons. The average molecular weight is 529 g/mol. The number of rotatable bonds is 9. The zero-order valence-electron chi connectivity index (χ0n) is 19.7. The highest BCUT2D eigenvalue weighted by Gasteiger charge is 2.23. The molecule has 182 valence electrons. The van der Waals surface area contributed by atoms with Crippen molar-refractivity contribution >= 4 is 51.3 Å². The van der Waals surface area contributed by atoms with Crippen LogP contribution in [-0.4, -0.2) is 46.6 Å². The number of carbonyl (C=O) groups excluding carboxylic acids is 2. The number of hydrogen-bond donors (Lipinski definition) is 1. The summed E-state index contributed by atoms with van der Waals surface area (Å²) in [5.41, 5.74) is 2.85. The van der Waals surface area contributed by atoms with Gasteiger partial charge in [0.1, 0.15) is 16.3 Å². The first-order valence-electron chi connectivity index (χ1n) is 10.7. The summed E-state index contributed by atoms with van der Waals surface area (Å²) in [6, 6.07) is 9.46. The molecule has 0 aliphatic carbocycles. The summed E-state index contributed by atoms with van der Waals surface area (Å²) < 4.78 is 12.1. The maximum absolute atomic E-state index is 12.8. The lowest BCUT2D eigenvalue weighted by Gasteiger charge is -2.08. The second kappa shape index (κ2) is 11.1. The van der Waals surface area contributed by atoms with Gasteiger partial charge in [0, 0.05) is 33.8 Å². The Morgan fingerprint density at radius 3 is 2.51 bits per heavy atom. The normalized spacial score (nSPS) is 10.9. The minimum Gasteiger partial charge on any atom is -0.497 e. The number of aromatic nitrogens is 3. The second-order valence-corrected chi connectivity index (χ2v) is 10.2. The molecule has 0 unspecified atom stereocenters. The third-order valence-corrected chi connectivity index (χ3v) is 8.26. The number of aryl methyl sites for hydroxylation is 1. The van der Waals surface area contributed by atoms with Crippen LogP contribution in [0.15, 0.2) is 46.2 Å². The van der Waals surface area contributed by atoms with Crippen LogP contribution in [0.25, 0.3) is 22.5 Å². The van der Waals surface area contributed by atoms with Crippen LogP contribution in [0.4, 0.5) is 5.00 Å².